The third kappa shape index (κ3) is 4.01. The molecule has 0 spiro atoms. The van der Waals surface area contributed by atoms with E-state index in [0.29, 0.717) is 11.3 Å². The second kappa shape index (κ2) is 7.58. The molecule has 0 radical (unpaired) electrons. The fourth-order valence-electron chi connectivity index (χ4n) is 2.12. The number of hydrogen-bond acceptors (Lipinski definition) is 6. The molecule has 0 saturated carbocycles. The third-order valence-corrected chi connectivity index (χ3v) is 3.71. The minimum Gasteiger partial charge on any atom is -0.496 e. The maximum Gasteiger partial charge on any atom is 0.295 e. The zero-order chi connectivity index (χ0) is 18.6. The van der Waals surface area contributed by atoms with E-state index in [1.807, 2.05) is 0 Å². The first-order valence-corrected chi connectivity index (χ1v) is 7.25. The lowest BCUT2D eigenvalue weighted by Gasteiger charge is -2.09. The Labute approximate surface area is 146 Å². The first-order valence-electron chi connectivity index (χ1n) is 6.87. The van der Waals surface area contributed by atoms with Crippen LogP contribution in [0.5, 0.6) is 5.75 Å². The molecule has 130 valence electrons. The van der Waals surface area contributed by atoms with Gasteiger partial charge in [-0.1, -0.05) is 29.8 Å². The zero-order valence-corrected chi connectivity index (χ0v) is 13.6. The normalized spacial score (nSPS) is 10.2. The lowest BCUT2D eigenvalue weighted by Crippen LogP contribution is -2.23. The number of carbonyl (C=O) groups excluding carboxylic acids is 1. The first kappa shape index (κ1) is 18.1. The van der Waals surface area contributed by atoms with Gasteiger partial charge < -0.3 is 10.1 Å². The molecule has 0 fully saturated rings. The number of ether oxygens (including phenoxy) is 1. The molecule has 0 aliphatic rings. The van der Waals surface area contributed by atoms with Crippen molar-refractivity contribution in [2.24, 2.45) is 0 Å². The molecule has 1 amide bonds. The molecule has 2 aromatic rings. The quantitative estimate of drug-likeness (QED) is 0.619. The van der Waals surface area contributed by atoms with E-state index in [2.05, 4.69) is 5.32 Å². The Morgan fingerprint density at radius 3 is 2.24 bits per heavy atom. The predicted molar refractivity (Wildman–Crippen MR) is 88.9 cm³/mol. The lowest BCUT2D eigenvalue weighted by molar-refractivity contribution is -0.393. The molecule has 0 saturated heterocycles. The van der Waals surface area contributed by atoms with Crippen LogP contribution in [-0.4, -0.2) is 22.9 Å². The fraction of sp³-hybridized carbons (Fsp3) is 0.133. The van der Waals surface area contributed by atoms with Crippen LogP contribution in [0.4, 0.5) is 11.4 Å². The summed E-state index contributed by atoms with van der Waals surface area (Å²) in [6.07, 6.45) is 0. The predicted octanol–water partition coefficient (Wildman–Crippen LogP) is 3.10. The van der Waals surface area contributed by atoms with E-state index in [1.54, 1.807) is 24.3 Å². The average Bonchev–Trinajstić information content (AvgIpc) is 2.59. The van der Waals surface area contributed by atoms with Gasteiger partial charge in [-0.15, -0.1) is 0 Å². The van der Waals surface area contributed by atoms with Gasteiger partial charge in [0.25, 0.3) is 17.3 Å². The number of benzene rings is 2. The number of rotatable bonds is 6. The summed E-state index contributed by atoms with van der Waals surface area (Å²) in [4.78, 5) is 32.4. The molecular formula is C15H12ClN3O6. The molecule has 10 heteroatoms. The van der Waals surface area contributed by atoms with Crippen LogP contribution in [0.25, 0.3) is 0 Å². The van der Waals surface area contributed by atoms with Crippen LogP contribution < -0.4 is 10.1 Å². The van der Waals surface area contributed by atoms with Gasteiger partial charge in [-0.2, -0.15) is 0 Å². The number of nitro groups is 2. The summed E-state index contributed by atoms with van der Waals surface area (Å²) >= 11 is 5.66. The van der Waals surface area contributed by atoms with Gasteiger partial charge in [-0.05, 0) is 6.07 Å². The lowest BCUT2D eigenvalue weighted by atomic mass is 10.1. The highest BCUT2D eigenvalue weighted by Crippen LogP contribution is 2.34. The summed E-state index contributed by atoms with van der Waals surface area (Å²) in [6.45, 7) is 0.0765. The summed E-state index contributed by atoms with van der Waals surface area (Å²) in [5, 5.41) is 23.9. The summed E-state index contributed by atoms with van der Waals surface area (Å²) in [5.74, 6) is -0.162. The molecule has 0 bridgehead atoms. The second-order valence-corrected chi connectivity index (χ2v) is 5.22. The molecule has 2 rings (SSSR count). The van der Waals surface area contributed by atoms with E-state index in [1.165, 1.54) is 7.11 Å². The van der Waals surface area contributed by atoms with E-state index in [4.69, 9.17) is 16.3 Å². The van der Waals surface area contributed by atoms with Crippen molar-refractivity contribution in [2.45, 2.75) is 6.54 Å². The number of halogens is 1. The zero-order valence-electron chi connectivity index (χ0n) is 12.9. The summed E-state index contributed by atoms with van der Waals surface area (Å²) in [5.41, 5.74) is -0.981. The van der Waals surface area contributed by atoms with Crippen LogP contribution in [-0.2, 0) is 6.54 Å². The molecule has 9 nitrogen and oxygen atoms in total. The fourth-order valence-corrected chi connectivity index (χ4v) is 2.36. The summed E-state index contributed by atoms with van der Waals surface area (Å²) < 4.78 is 5.15. The van der Waals surface area contributed by atoms with Crippen molar-refractivity contribution >= 4 is 28.9 Å². The van der Waals surface area contributed by atoms with E-state index in [9.17, 15) is 25.0 Å². The number of methoxy groups -OCH3 is 1. The van der Waals surface area contributed by atoms with Crippen LogP contribution in [0, 0.1) is 20.2 Å². The number of nitro benzene ring substituents is 2. The molecular weight excluding hydrogens is 354 g/mol. The highest BCUT2D eigenvalue weighted by atomic mass is 35.5. The van der Waals surface area contributed by atoms with Gasteiger partial charge in [0.2, 0.25) is 0 Å². The van der Waals surface area contributed by atoms with Crippen molar-refractivity contribution in [2.75, 3.05) is 7.11 Å². The number of nitrogens with zero attached hydrogens (tertiary/aromatic N) is 2. The van der Waals surface area contributed by atoms with Gasteiger partial charge >= 0.3 is 0 Å². The van der Waals surface area contributed by atoms with Crippen LogP contribution in [0.1, 0.15) is 15.9 Å². The Balaban J connectivity index is 2.30. The summed E-state index contributed by atoms with van der Waals surface area (Å²) in [7, 11) is 1.48. The van der Waals surface area contributed by atoms with E-state index < -0.39 is 32.2 Å². The maximum absolute atomic E-state index is 12.2. The van der Waals surface area contributed by atoms with Gasteiger partial charge in [-0.25, -0.2) is 0 Å². The third-order valence-electron chi connectivity index (χ3n) is 3.32. The van der Waals surface area contributed by atoms with Gasteiger partial charge in [-0.3, -0.25) is 25.0 Å². The van der Waals surface area contributed by atoms with Crippen molar-refractivity contribution in [1.29, 1.82) is 0 Å². The number of para-hydroxylation sites is 1. The topological polar surface area (TPSA) is 125 Å². The van der Waals surface area contributed by atoms with Crippen molar-refractivity contribution in [1.82, 2.24) is 5.32 Å². The Morgan fingerprint density at radius 1 is 1.16 bits per heavy atom. The Kier molecular flexibility index (Phi) is 5.50. The Bertz CT molecular complexity index is 820. The Hall–Kier alpha value is -3.20. The molecule has 0 aliphatic heterocycles. The molecule has 1 N–H and O–H groups in total. The standard InChI is InChI=1S/C15H12ClN3O6/c1-25-13-5-3-2-4-9(13)8-17-15(20)10-6-11(18(21)22)14(16)12(7-10)19(23)24/h2-7H,8H2,1H3,(H,17,20). The molecule has 0 atom stereocenters. The van der Waals surface area contributed by atoms with Crippen molar-refractivity contribution in [3.05, 3.63) is 72.8 Å². The second-order valence-electron chi connectivity index (χ2n) is 4.84. The molecule has 25 heavy (non-hydrogen) atoms. The Morgan fingerprint density at radius 2 is 1.72 bits per heavy atom. The largest absolute Gasteiger partial charge is 0.496 e. The minimum absolute atomic E-state index is 0.0765. The molecule has 2 aromatic carbocycles. The van der Waals surface area contributed by atoms with Gasteiger partial charge in [0, 0.05) is 24.2 Å². The molecule has 0 aliphatic carbocycles. The van der Waals surface area contributed by atoms with E-state index in [-0.39, 0.29) is 12.1 Å². The monoisotopic (exact) mass is 365 g/mol. The van der Waals surface area contributed by atoms with Crippen LogP contribution in [0.15, 0.2) is 36.4 Å². The number of carbonyl (C=O) groups is 1. The molecule has 0 unspecified atom stereocenters. The van der Waals surface area contributed by atoms with Crippen LogP contribution in [0.3, 0.4) is 0 Å². The number of hydrogen-bond donors (Lipinski definition) is 1. The van der Waals surface area contributed by atoms with E-state index >= 15 is 0 Å². The van der Waals surface area contributed by atoms with Crippen LogP contribution >= 0.6 is 11.6 Å². The van der Waals surface area contributed by atoms with Gasteiger partial charge in [0.1, 0.15) is 5.75 Å². The van der Waals surface area contributed by atoms with E-state index in [0.717, 1.165) is 12.1 Å². The van der Waals surface area contributed by atoms with Gasteiger partial charge in [0.05, 0.1) is 22.5 Å². The van der Waals surface area contributed by atoms with Gasteiger partial charge in [0.15, 0.2) is 5.02 Å². The summed E-state index contributed by atoms with van der Waals surface area (Å²) in [6, 6.07) is 8.74. The highest BCUT2D eigenvalue weighted by Gasteiger charge is 2.27. The van der Waals surface area contributed by atoms with Crippen molar-refractivity contribution in [3.8, 4) is 5.75 Å². The van der Waals surface area contributed by atoms with Crippen LogP contribution in [0.2, 0.25) is 5.02 Å². The molecule has 0 heterocycles. The SMILES string of the molecule is COc1ccccc1CNC(=O)c1cc([N+](=O)[O-])c(Cl)c([N+](=O)[O-])c1. The maximum atomic E-state index is 12.2. The average molecular weight is 366 g/mol. The molecule has 0 aromatic heterocycles. The minimum atomic E-state index is -0.883. The number of amides is 1. The number of nitrogens with one attached hydrogen (secondary N) is 1. The van der Waals surface area contributed by atoms with Crippen molar-refractivity contribution < 1.29 is 19.4 Å². The first-order chi connectivity index (χ1) is 11.8. The smallest absolute Gasteiger partial charge is 0.295 e. The van der Waals surface area contributed by atoms with Crippen molar-refractivity contribution in [3.63, 3.8) is 0 Å². The highest BCUT2D eigenvalue weighted by molar-refractivity contribution is 6.35.